The van der Waals surface area contributed by atoms with E-state index in [1.54, 1.807) is 6.92 Å². The molecule has 1 amide bonds. The van der Waals surface area contributed by atoms with Gasteiger partial charge in [-0.3, -0.25) is 4.79 Å². The molecule has 7 heteroatoms. The Bertz CT molecular complexity index is 398. The molecule has 0 unspecified atom stereocenters. The molecule has 94 valence electrons. The summed E-state index contributed by atoms with van der Waals surface area (Å²) in [5.41, 5.74) is 5.39. The SMILES string of the molecule is CCNC(=O)CN(CC)c1nc(N)ncc1F. The number of halogens is 1. The first kappa shape index (κ1) is 13.1. The van der Waals surface area contributed by atoms with Crippen LogP contribution in [0.15, 0.2) is 6.20 Å². The van der Waals surface area contributed by atoms with Crippen LogP contribution < -0.4 is 16.0 Å². The highest BCUT2D eigenvalue weighted by molar-refractivity contribution is 5.81. The van der Waals surface area contributed by atoms with E-state index in [0.29, 0.717) is 13.1 Å². The van der Waals surface area contributed by atoms with Crippen molar-refractivity contribution >= 4 is 17.7 Å². The van der Waals surface area contributed by atoms with Gasteiger partial charge in [0, 0.05) is 13.1 Å². The first-order chi connectivity index (χ1) is 8.08. The molecule has 1 rings (SSSR count). The number of nitrogens with zero attached hydrogens (tertiary/aromatic N) is 3. The number of nitrogens with two attached hydrogens (primary N) is 1. The highest BCUT2D eigenvalue weighted by Gasteiger charge is 2.15. The van der Waals surface area contributed by atoms with Gasteiger partial charge >= 0.3 is 0 Å². The van der Waals surface area contributed by atoms with E-state index in [1.807, 2.05) is 6.92 Å². The summed E-state index contributed by atoms with van der Waals surface area (Å²) in [6, 6.07) is 0. The summed E-state index contributed by atoms with van der Waals surface area (Å²) in [5, 5.41) is 2.64. The molecule has 0 saturated carbocycles. The molecular weight excluding hydrogens is 225 g/mol. The molecule has 0 aromatic carbocycles. The van der Waals surface area contributed by atoms with E-state index < -0.39 is 5.82 Å². The summed E-state index contributed by atoms with van der Waals surface area (Å²) >= 11 is 0. The number of nitrogens with one attached hydrogen (secondary N) is 1. The molecule has 0 aliphatic carbocycles. The summed E-state index contributed by atoms with van der Waals surface area (Å²) < 4.78 is 13.5. The van der Waals surface area contributed by atoms with Gasteiger partial charge in [0.05, 0.1) is 12.7 Å². The normalized spacial score (nSPS) is 10.1. The van der Waals surface area contributed by atoms with Gasteiger partial charge in [-0.25, -0.2) is 9.37 Å². The Kier molecular flexibility index (Phi) is 4.62. The van der Waals surface area contributed by atoms with Crippen LogP contribution in [0.5, 0.6) is 0 Å². The number of hydrogen-bond donors (Lipinski definition) is 2. The molecule has 3 N–H and O–H groups in total. The van der Waals surface area contributed by atoms with Crippen molar-refractivity contribution < 1.29 is 9.18 Å². The van der Waals surface area contributed by atoms with Crippen molar-refractivity contribution in [2.75, 3.05) is 30.3 Å². The highest BCUT2D eigenvalue weighted by Crippen LogP contribution is 2.15. The average Bonchev–Trinajstić information content (AvgIpc) is 2.30. The molecule has 1 aromatic heterocycles. The Morgan fingerprint density at radius 2 is 2.29 bits per heavy atom. The second-order valence-electron chi connectivity index (χ2n) is 3.37. The quantitative estimate of drug-likeness (QED) is 0.767. The molecule has 0 spiro atoms. The Morgan fingerprint density at radius 1 is 1.59 bits per heavy atom. The zero-order chi connectivity index (χ0) is 12.8. The zero-order valence-electron chi connectivity index (χ0n) is 9.90. The number of amides is 1. The summed E-state index contributed by atoms with van der Waals surface area (Å²) in [7, 11) is 0. The third kappa shape index (κ3) is 3.54. The Balaban J connectivity index is 2.85. The molecule has 0 aliphatic rings. The highest BCUT2D eigenvalue weighted by atomic mass is 19.1. The van der Waals surface area contributed by atoms with Gasteiger partial charge < -0.3 is 16.0 Å². The number of anilines is 2. The maximum Gasteiger partial charge on any atom is 0.239 e. The molecule has 0 bridgehead atoms. The number of carbonyl (C=O) groups is 1. The van der Waals surface area contributed by atoms with Crippen LogP contribution in [0.1, 0.15) is 13.8 Å². The van der Waals surface area contributed by atoms with Crippen molar-refractivity contribution in [2.24, 2.45) is 0 Å². The van der Waals surface area contributed by atoms with Crippen molar-refractivity contribution in [3.8, 4) is 0 Å². The minimum absolute atomic E-state index is 0.0178. The van der Waals surface area contributed by atoms with E-state index in [9.17, 15) is 9.18 Å². The summed E-state index contributed by atoms with van der Waals surface area (Å²) in [5.74, 6) is -0.752. The fourth-order valence-corrected chi connectivity index (χ4v) is 1.36. The Labute approximate surface area is 99.0 Å². The monoisotopic (exact) mass is 241 g/mol. The number of aromatic nitrogens is 2. The second kappa shape index (κ2) is 5.97. The fraction of sp³-hybridized carbons (Fsp3) is 0.500. The molecule has 0 atom stereocenters. The van der Waals surface area contributed by atoms with Gasteiger partial charge in [0.15, 0.2) is 11.6 Å². The van der Waals surface area contributed by atoms with Gasteiger partial charge in [-0.05, 0) is 13.8 Å². The van der Waals surface area contributed by atoms with E-state index >= 15 is 0 Å². The third-order valence-electron chi connectivity index (χ3n) is 2.13. The van der Waals surface area contributed by atoms with Crippen molar-refractivity contribution in [3.05, 3.63) is 12.0 Å². The molecule has 6 nitrogen and oxygen atoms in total. The van der Waals surface area contributed by atoms with E-state index in [1.165, 1.54) is 4.90 Å². The standard InChI is InChI=1S/C10H16FN5O/c1-3-13-8(17)6-16(4-2)9-7(11)5-14-10(12)15-9/h5H,3-4,6H2,1-2H3,(H,13,17)(H2,12,14,15). The minimum atomic E-state index is -0.592. The first-order valence-corrected chi connectivity index (χ1v) is 5.38. The van der Waals surface area contributed by atoms with Crippen molar-refractivity contribution in [3.63, 3.8) is 0 Å². The largest absolute Gasteiger partial charge is 0.368 e. The van der Waals surface area contributed by atoms with Crippen LogP contribution >= 0.6 is 0 Å². The lowest BCUT2D eigenvalue weighted by Gasteiger charge is -2.21. The lowest BCUT2D eigenvalue weighted by Crippen LogP contribution is -2.38. The molecule has 1 heterocycles. The fourth-order valence-electron chi connectivity index (χ4n) is 1.36. The molecule has 1 aromatic rings. The number of carbonyl (C=O) groups excluding carboxylic acids is 1. The van der Waals surface area contributed by atoms with Crippen molar-refractivity contribution in [1.82, 2.24) is 15.3 Å². The van der Waals surface area contributed by atoms with E-state index in [2.05, 4.69) is 15.3 Å². The average molecular weight is 241 g/mol. The molecular formula is C10H16FN5O. The van der Waals surface area contributed by atoms with E-state index in [0.717, 1.165) is 6.20 Å². The Hall–Kier alpha value is -1.92. The van der Waals surface area contributed by atoms with Gasteiger partial charge in [-0.2, -0.15) is 4.98 Å². The zero-order valence-corrected chi connectivity index (χ0v) is 9.90. The maximum absolute atomic E-state index is 13.5. The van der Waals surface area contributed by atoms with Gasteiger partial charge in [0.1, 0.15) is 0 Å². The van der Waals surface area contributed by atoms with Crippen LogP contribution in [0.3, 0.4) is 0 Å². The first-order valence-electron chi connectivity index (χ1n) is 5.38. The van der Waals surface area contributed by atoms with Gasteiger partial charge in [-0.15, -0.1) is 0 Å². The predicted octanol–water partition coefficient (Wildman–Crippen LogP) is 0.160. The van der Waals surface area contributed by atoms with Crippen LogP contribution in [0.4, 0.5) is 16.2 Å². The van der Waals surface area contributed by atoms with E-state index in [-0.39, 0.29) is 24.2 Å². The molecule has 0 fully saturated rings. The lowest BCUT2D eigenvalue weighted by atomic mass is 10.4. The summed E-state index contributed by atoms with van der Waals surface area (Å²) in [4.78, 5) is 20.3. The number of nitrogen functional groups attached to an aromatic ring is 1. The van der Waals surface area contributed by atoms with Crippen molar-refractivity contribution in [2.45, 2.75) is 13.8 Å². The summed E-state index contributed by atoms with van der Waals surface area (Å²) in [6.45, 7) is 4.64. The number of likely N-dealkylation sites (N-methyl/N-ethyl adjacent to an activating group) is 2. The molecule has 0 radical (unpaired) electrons. The molecule has 0 aliphatic heterocycles. The van der Waals surface area contributed by atoms with E-state index in [4.69, 9.17) is 5.73 Å². The van der Waals surface area contributed by atoms with Gasteiger partial charge in [0.25, 0.3) is 0 Å². The van der Waals surface area contributed by atoms with Gasteiger partial charge in [-0.1, -0.05) is 0 Å². The topological polar surface area (TPSA) is 84.1 Å². The minimum Gasteiger partial charge on any atom is -0.368 e. The van der Waals surface area contributed by atoms with Crippen LogP contribution in [0.25, 0.3) is 0 Å². The second-order valence-corrected chi connectivity index (χ2v) is 3.37. The van der Waals surface area contributed by atoms with Crippen molar-refractivity contribution in [1.29, 1.82) is 0 Å². The molecule has 17 heavy (non-hydrogen) atoms. The number of hydrogen-bond acceptors (Lipinski definition) is 5. The van der Waals surface area contributed by atoms with Crippen LogP contribution in [-0.4, -0.2) is 35.5 Å². The van der Waals surface area contributed by atoms with Crippen LogP contribution in [0, 0.1) is 5.82 Å². The Morgan fingerprint density at radius 3 is 2.88 bits per heavy atom. The van der Waals surface area contributed by atoms with Crippen LogP contribution in [-0.2, 0) is 4.79 Å². The predicted molar refractivity (Wildman–Crippen MR) is 63.0 cm³/mol. The molecule has 0 saturated heterocycles. The van der Waals surface area contributed by atoms with Crippen LogP contribution in [0.2, 0.25) is 0 Å². The number of rotatable bonds is 5. The van der Waals surface area contributed by atoms with Gasteiger partial charge in [0.2, 0.25) is 11.9 Å². The third-order valence-corrected chi connectivity index (χ3v) is 2.13. The smallest absolute Gasteiger partial charge is 0.239 e. The lowest BCUT2D eigenvalue weighted by molar-refractivity contribution is -0.119. The maximum atomic E-state index is 13.5. The summed E-state index contributed by atoms with van der Waals surface area (Å²) in [6.07, 6.45) is 0.998.